The maximum Gasteiger partial charge on any atom is 0.240 e. The van der Waals surface area contributed by atoms with E-state index in [0.717, 1.165) is 24.2 Å². The molecule has 1 aliphatic carbocycles. The first kappa shape index (κ1) is 14.4. The van der Waals surface area contributed by atoms with Gasteiger partial charge >= 0.3 is 0 Å². The number of nitrogens with zero attached hydrogens (tertiary/aromatic N) is 1. The average Bonchev–Trinajstić information content (AvgIpc) is 2.96. The van der Waals surface area contributed by atoms with Crippen molar-refractivity contribution in [2.45, 2.75) is 39.2 Å². The first-order chi connectivity index (χ1) is 9.72. The lowest BCUT2D eigenvalue weighted by Gasteiger charge is -2.19. The highest BCUT2D eigenvalue weighted by Crippen LogP contribution is 2.37. The third-order valence-corrected chi connectivity index (χ3v) is 3.82. The van der Waals surface area contributed by atoms with Crippen LogP contribution in [-0.4, -0.2) is 12.5 Å². The summed E-state index contributed by atoms with van der Waals surface area (Å²) in [5.74, 6) is 0.636. The highest BCUT2D eigenvalue weighted by molar-refractivity contribution is 5.85. The van der Waals surface area contributed by atoms with E-state index in [4.69, 9.17) is 4.74 Å². The van der Waals surface area contributed by atoms with E-state index in [9.17, 15) is 10.1 Å². The second-order valence-electron chi connectivity index (χ2n) is 5.12. The van der Waals surface area contributed by atoms with Gasteiger partial charge in [0.2, 0.25) is 5.91 Å². The third-order valence-electron chi connectivity index (χ3n) is 3.82. The van der Waals surface area contributed by atoms with Crippen molar-refractivity contribution < 1.29 is 9.53 Å². The van der Waals surface area contributed by atoms with Crippen molar-refractivity contribution in [3.8, 4) is 11.8 Å². The molecule has 4 heteroatoms. The van der Waals surface area contributed by atoms with Gasteiger partial charge in [-0.2, -0.15) is 5.26 Å². The molecule has 4 nitrogen and oxygen atoms in total. The van der Waals surface area contributed by atoms with Crippen LogP contribution in [0.4, 0.5) is 0 Å². The van der Waals surface area contributed by atoms with Crippen molar-refractivity contribution in [2.24, 2.45) is 5.41 Å². The summed E-state index contributed by atoms with van der Waals surface area (Å²) in [6, 6.07) is 9.85. The Kier molecular flexibility index (Phi) is 4.62. The van der Waals surface area contributed by atoms with Gasteiger partial charge in [-0.1, -0.05) is 31.0 Å². The minimum Gasteiger partial charge on any atom is -0.494 e. The van der Waals surface area contributed by atoms with Gasteiger partial charge in [-0.3, -0.25) is 4.79 Å². The highest BCUT2D eigenvalue weighted by Gasteiger charge is 2.41. The highest BCUT2D eigenvalue weighted by atomic mass is 16.5. The molecule has 0 spiro atoms. The van der Waals surface area contributed by atoms with E-state index in [2.05, 4.69) is 11.4 Å². The van der Waals surface area contributed by atoms with Crippen molar-refractivity contribution in [1.82, 2.24) is 5.32 Å². The number of carbonyl (C=O) groups is 1. The quantitative estimate of drug-likeness (QED) is 0.896. The van der Waals surface area contributed by atoms with Crippen LogP contribution in [0, 0.1) is 16.7 Å². The summed E-state index contributed by atoms with van der Waals surface area (Å²) in [5.41, 5.74) is 0.120. The summed E-state index contributed by atoms with van der Waals surface area (Å²) < 4.78 is 5.53. The van der Waals surface area contributed by atoms with Crippen LogP contribution < -0.4 is 10.1 Å². The van der Waals surface area contributed by atoms with Gasteiger partial charge in [0.25, 0.3) is 0 Å². The Morgan fingerprint density at radius 3 is 2.75 bits per heavy atom. The van der Waals surface area contributed by atoms with Crippen LogP contribution in [-0.2, 0) is 11.3 Å². The fourth-order valence-corrected chi connectivity index (χ4v) is 2.66. The van der Waals surface area contributed by atoms with Crippen LogP contribution >= 0.6 is 0 Å². The molecule has 0 saturated heterocycles. The first-order valence-corrected chi connectivity index (χ1v) is 7.12. The molecule has 0 aliphatic heterocycles. The molecule has 0 bridgehead atoms. The zero-order valence-corrected chi connectivity index (χ0v) is 11.8. The molecular formula is C16H20N2O2. The monoisotopic (exact) mass is 272 g/mol. The zero-order chi connectivity index (χ0) is 14.4. The van der Waals surface area contributed by atoms with Crippen LogP contribution in [0.15, 0.2) is 24.3 Å². The number of hydrogen-bond donors (Lipinski definition) is 1. The molecule has 0 aromatic heterocycles. The predicted octanol–water partition coefficient (Wildman–Crippen LogP) is 2.79. The summed E-state index contributed by atoms with van der Waals surface area (Å²) in [5, 5.41) is 12.2. The van der Waals surface area contributed by atoms with Gasteiger partial charge in [-0.25, -0.2) is 0 Å². The molecule has 1 saturated carbocycles. The van der Waals surface area contributed by atoms with Crippen LogP contribution in [0.25, 0.3) is 0 Å². The maximum atomic E-state index is 12.3. The molecule has 1 N–H and O–H groups in total. The molecule has 1 aromatic rings. The number of carbonyl (C=O) groups excluding carboxylic acids is 1. The molecular weight excluding hydrogens is 252 g/mol. The molecule has 2 rings (SSSR count). The molecule has 1 aromatic carbocycles. The Hall–Kier alpha value is -2.02. The minimum atomic E-state index is -0.819. The number of rotatable bonds is 5. The van der Waals surface area contributed by atoms with E-state index in [1.54, 1.807) is 0 Å². The molecule has 0 atom stereocenters. The number of nitrogens with one attached hydrogen (secondary N) is 1. The second-order valence-corrected chi connectivity index (χ2v) is 5.12. The lowest BCUT2D eigenvalue weighted by Crippen LogP contribution is -2.37. The second kappa shape index (κ2) is 6.42. The Balaban J connectivity index is 2.02. The maximum absolute atomic E-state index is 12.3. The van der Waals surface area contributed by atoms with Crippen LogP contribution in [0.1, 0.15) is 38.2 Å². The number of ether oxygens (including phenoxy) is 1. The Bertz CT molecular complexity index is 513. The molecule has 0 heterocycles. The van der Waals surface area contributed by atoms with E-state index in [-0.39, 0.29) is 5.91 Å². The number of nitriles is 1. The van der Waals surface area contributed by atoms with E-state index in [1.807, 2.05) is 31.2 Å². The normalized spacial score (nSPS) is 16.4. The molecule has 1 fully saturated rings. The lowest BCUT2D eigenvalue weighted by atomic mass is 9.87. The van der Waals surface area contributed by atoms with Crippen molar-refractivity contribution in [2.75, 3.05) is 6.61 Å². The van der Waals surface area contributed by atoms with Gasteiger partial charge in [-0.05, 0) is 25.8 Å². The smallest absolute Gasteiger partial charge is 0.240 e. The molecule has 0 unspecified atom stereocenters. The van der Waals surface area contributed by atoms with E-state index >= 15 is 0 Å². The summed E-state index contributed by atoms with van der Waals surface area (Å²) in [6.45, 7) is 2.92. The van der Waals surface area contributed by atoms with Crippen molar-refractivity contribution in [3.63, 3.8) is 0 Å². The predicted molar refractivity (Wildman–Crippen MR) is 76.0 cm³/mol. The molecule has 1 aliphatic rings. The number of para-hydroxylation sites is 1. The third kappa shape index (κ3) is 2.93. The van der Waals surface area contributed by atoms with Crippen molar-refractivity contribution in [3.05, 3.63) is 29.8 Å². The van der Waals surface area contributed by atoms with E-state index in [0.29, 0.717) is 26.0 Å². The fraction of sp³-hybridized carbons (Fsp3) is 0.500. The zero-order valence-electron chi connectivity index (χ0n) is 11.8. The lowest BCUT2D eigenvalue weighted by molar-refractivity contribution is -0.128. The average molecular weight is 272 g/mol. The van der Waals surface area contributed by atoms with Crippen LogP contribution in [0.2, 0.25) is 0 Å². The van der Waals surface area contributed by atoms with Gasteiger partial charge in [0.15, 0.2) is 0 Å². The Labute approximate surface area is 119 Å². The summed E-state index contributed by atoms with van der Waals surface area (Å²) >= 11 is 0. The number of hydrogen-bond acceptors (Lipinski definition) is 3. The van der Waals surface area contributed by atoms with E-state index < -0.39 is 5.41 Å². The fourth-order valence-electron chi connectivity index (χ4n) is 2.66. The van der Waals surface area contributed by atoms with Gasteiger partial charge in [0.1, 0.15) is 11.2 Å². The Morgan fingerprint density at radius 1 is 1.40 bits per heavy atom. The number of benzene rings is 1. The molecule has 0 radical (unpaired) electrons. The van der Waals surface area contributed by atoms with Gasteiger partial charge in [0.05, 0.1) is 12.7 Å². The minimum absolute atomic E-state index is 0.149. The standard InChI is InChI=1S/C16H20N2O2/c1-2-20-14-8-4-3-7-13(14)11-18-15(19)16(12-17)9-5-6-10-16/h3-4,7-8H,2,5-6,9-11H2,1H3,(H,18,19). The van der Waals surface area contributed by atoms with Crippen LogP contribution in [0.3, 0.4) is 0 Å². The largest absolute Gasteiger partial charge is 0.494 e. The van der Waals surface area contributed by atoms with Gasteiger partial charge in [-0.15, -0.1) is 0 Å². The first-order valence-electron chi connectivity index (χ1n) is 7.12. The van der Waals surface area contributed by atoms with E-state index in [1.165, 1.54) is 0 Å². The molecule has 106 valence electrons. The summed E-state index contributed by atoms with van der Waals surface area (Å²) in [4.78, 5) is 12.3. The topological polar surface area (TPSA) is 62.1 Å². The Morgan fingerprint density at radius 2 is 2.10 bits per heavy atom. The van der Waals surface area contributed by atoms with Gasteiger partial charge in [0, 0.05) is 12.1 Å². The van der Waals surface area contributed by atoms with Gasteiger partial charge < -0.3 is 10.1 Å². The summed E-state index contributed by atoms with van der Waals surface area (Å²) in [6.07, 6.45) is 3.25. The van der Waals surface area contributed by atoms with Crippen LogP contribution in [0.5, 0.6) is 5.75 Å². The molecule has 1 amide bonds. The molecule has 20 heavy (non-hydrogen) atoms. The van der Waals surface area contributed by atoms with Crippen molar-refractivity contribution in [1.29, 1.82) is 5.26 Å². The summed E-state index contributed by atoms with van der Waals surface area (Å²) in [7, 11) is 0. The SMILES string of the molecule is CCOc1ccccc1CNC(=O)C1(C#N)CCCC1. The van der Waals surface area contributed by atoms with Crippen molar-refractivity contribution >= 4 is 5.91 Å². The number of amides is 1.